The maximum absolute atomic E-state index is 13.9. The molecule has 24 heavy (non-hydrogen) atoms. The van der Waals surface area contributed by atoms with Crippen molar-refractivity contribution in [2.45, 2.75) is 25.6 Å². The van der Waals surface area contributed by atoms with E-state index in [2.05, 4.69) is 15.2 Å². The Morgan fingerprint density at radius 2 is 2.29 bits per heavy atom. The topological polar surface area (TPSA) is 75.4 Å². The fourth-order valence-corrected chi connectivity index (χ4v) is 2.99. The molecule has 1 amide bonds. The second-order valence-electron chi connectivity index (χ2n) is 5.82. The molecule has 0 bridgehead atoms. The molecule has 9 heteroatoms. The Kier molecular flexibility index (Phi) is 4.66. The van der Waals surface area contributed by atoms with Crippen LogP contribution < -0.4 is 4.90 Å². The Balaban J connectivity index is 1.72. The van der Waals surface area contributed by atoms with Gasteiger partial charge in [0.25, 0.3) is 5.91 Å². The first-order chi connectivity index (χ1) is 11.4. The van der Waals surface area contributed by atoms with Crippen molar-refractivity contribution in [3.63, 3.8) is 0 Å². The number of anilines is 1. The molecule has 7 nitrogen and oxygen atoms in total. The fraction of sp³-hybridized carbons (Fsp3) is 0.467. The van der Waals surface area contributed by atoms with Crippen LogP contribution in [0.25, 0.3) is 0 Å². The van der Waals surface area contributed by atoms with Crippen molar-refractivity contribution in [1.29, 1.82) is 0 Å². The SMILES string of the molecule is Cc1nnc(N2C[C@@H](F)C[C@H]2CN(C)C(=O)c2cncc(Cl)c2)o1. The number of rotatable bonds is 4. The van der Waals surface area contributed by atoms with E-state index in [1.165, 1.54) is 17.3 Å². The number of alkyl halides is 1. The van der Waals surface area contributed by atoms with Crippen LogP contribution in [-0.4, -0.2) is 58.3 Å². The monoisotopic (exact) mass is 353 g/mol. The second kappa shape index (κ2) is 6.72. The van der Waals surface area contributed by atoms with Gasteiger partial charge in [-0.2, -0.15) is 0 Å². The van der Waals surface area contributed by atoms with Crippen molar-refractivity contribution in [3.8, 4) is 0 Å². The van der Waals surface area contributed by atoms with Crippen molar-refractivity contribution in [3.05, 3.63) is 34.9 Å². The summed E-state index contributed by atoms with van der Waals surface area (Å²) >= 11 is 5.87. The van der Waals surface area contributed by atoms with E-state index in [4.69, 9.17) is 16.0 Å². The molecule has 0 spiro atoms. The predicted molar refractivity (Wildman–Crippen MR) is 85.9 cm³/mol. The molecule has 0 radical (unpaired) electrons. The minimum absolute atomic E-state index is 0.174. The molecule has 0 saturated carbocycles. The summed E-state index contributed by atoms with van der Waals surface area (Å²) in [6.07, 6.45) is 2.21. The first-order valence-electron chi connectivity index (χ1n) is 7.51. The first-order valence-corrected chi connectivity index (χ1v) is 7.88. The average molecular weight is 354 g/mol. The number of aromatic nitrogens is 3. The van der Waals surface area contributed by atoms with Crippen LogP contribution in [0.4, 0.5) is 10.4 Å². The molecule has 1 aliphatic rings. The van der Waals surface area contributed by atoms with E-state index in [1.807, 2.05) is 0 Å². The Bertz CT molecular complexity index is 740. The number of carbonyl (C=O) groups is 1. The zero-order valence-corrected chi connectivity index (χ0v) is 14.1. The largest absolute Gasteiger partial charge is 0.408 e. The lowest BCUT2D eigenvalue weighted by molar-refractivity contribution is 0.0785. The lowest BCUT2D eigenvalue weighted by Crippen LogP contribution is -2.41. The summed E-state index contributed by atoms with van der Waals surface area (Å²) in [5.41, 5.74) is 0.389. The number of amides is 1. The Hall–Kier alpha value is -2.22. The van der Waals surface area contributed by atoms with E-state index in [0.29, 0.717) is 29.4 Å². The quantitative estimate of drug-likeness (QED) is 0.838. The van der Waals surface area contributed by atoms with Crippen LogP contribution in [0.5, 0.6) is 0 Å². The summed E-state index contributed by atoms with van der Waals surface area (Å²) < 4.78 is 19.3. The predicted octanol–water partition coefficient (Wildman–Crippen LogP) is 2.12. The van der Waals surface area contributed by atoms with Crippen molar-refractivity contribution < 1.29 is 13.6 Å². The van der Waals surface area contributed by atoms with Gasteiger partial charge in [-0.25, -0.2) is 4.39 Å². The van der Waals surface area contributed by atoms with Gasteiger partial charge in [0, 0.05) is 39.3 Å². The number of nitrogens with zero attached hydrogens (tertiary/aromatic N) is 5. The third kappa shape index (κ3) is 3.48. The van der Waals surface area contributed by atoms with Crippen LogP contribution in [0.1, 0.15) is 22.7 Å². The molecule has 128 valence electrons. The molecular weight excluding hydrogens is 337 g/mol. The van der Waals surface area contributed by atoms with Gasteiger partial charge in [0.15, 0.2) is 0 Å². The molecule has 2 aromatic rings. The van der Waals surface area contributed by atoms with Gasteiger partial charge >= 0.3 is 6.01 Å². The Morgan fingerprint density at radius 1 is 1.50 bits per heavy atom. The zero-order valence-electron chi connectivity index (χ0n) is 13.3. The van der Waals surface area contributed by atoms with Crippen LogP contribution in [-0.2, 0) is 0 Å². The highest BCUT2D eigenvalue weighted by Gasteiger charge is 2.36. The van der Waals surface area contributed by atoms with Gasteiger partial charge in [-0.15, -0.1) is 5.10 Å². The number of hydrogen-bond donors (Lipinski definition) is 0. The van der Waals surface area contributed by atoms with Gasteiger partial charge in [-0.1, -0.05) is 16.7 Å². The van der Waals surface area contributed by atoms with Crippen LogP contribution in [0.2, 0.25) is 5.02 Å². The third-order valence-corrected chi connectivity index (χ3v) is 4.11. The van der Waals surface area contributed by atoms with E-state index in [9.17, 15) is 9.18 Å². The van der Waals surface area contributed by atoms with Crippen LogP contribution in [0.15, 0.2) is 22.9 Å². The number of halogens is 2. The van der Waals surface area contributed by atoms with Crippen molar-refractivity contribution in [2.24, 2.45) is 0 Å². The zero-order chi connectivity index (χ0) is 17.3. The molecule has 1 fully saturated rings. The number of aryl methyl sites for hydroxylation is 1. The maximum atomic E-state index is 13.9. The number of likely N-dealkylation sites (N-methyl/N-ethyl adjacent to an activating group) is 1. The standard InChI is InChI=1S/C15H17ClFN5O2/c1-9-19-20-15(24-9)22-7-12(17)4-13(22)8-21(2)14(23)10-3-11(16)6-18-5-10/h3,5-6,12-13H,4,7-8H2,1-2H3/t12-,13-/m0/s1. The molecule has 0 aliphatic carbocycles. The molecule has 1 saturated heterocycles. The van der Waals surface area contributed by atoms with Gasteiger partial charge in [0.1, 0.15) is 6.17 Å². The van der Waals surface area contributed by atoms with Crippen molar-refractivity contribution in [2.75, 3.05) is 25.0 Å². The summed E-state index contributed by atoms with van der Waals surface area (Å²) in [4.78, 5) is 19.6. The van der Waals surface area contributed by atoms with Crippen LogP contribution in [0, 0.1) is 6.92 Å². The maximum Gasteiger partial charge on any atom is 0.318 e. The smallest absolute Gasteiger partial charge is 0.318 e. The Morgan fingerprint density at radius 3 is 2.96 bits per heavy atom. The molecule has 0 aromatic carbocycles. The number of pyridine rings is 1. The average Bonchev–Trinajstić information content (AvgIpc) is 3.12. The van der Waals surface area contributed by atoms with Gasteiger partial charge in [-0.3, -0.25) is 9.78 Å². The van der Waals surface area contributed by atoms with Crippen molar-refractivity contribution in [1.82, 2.24) is 20.1 Å². The minimum Gasteiger partial charge on any atom is -0.408 e. The summed E-state index contributed by atoms with van der Waals surface area (Å²) in [5, 5.41) is 8.11. The summed E-state index contributed by atoms with van der Waals surface area (Å²) in [6.45, 7) is 2.18. The molecule has 2 aromatic heterocycles. The molecule has 0 N–H and O–H groups in total. The highest BCUT2D eigenvalue weighted by Crippen LogP contribution is 2.27. The highest BCUT2D eigenvalue weighted by atomic mass is 35.5. The Labute approximate surface area is 143 Å². The lowest BCUT2D eigenvalue weighted by Gasteiger charge is -2.27. The summed E-state index contributed by atoms with van der Waals surface area (Å²) in [6, 6.07) is 1.60. The van der Waals surface area contributed by atoms with Gasteiger partial charge < -0.3 is 14.2 Å². The highest BCUT2D eigenvalue weighted by molar-refractivity contribution is 6.30. The van der Waals surface area contributed by atoms with Gasteiger partial charge in [0.2, 0.25) is 5.89 Å². The van der Waals surface area contributed by atoms with Crippen LogP contribution >= 0.6 is 11.6 Å². The summed E-state index contributed by atoms with van der Waals surface area (Å²) in [5.74, 6) is 0.189. The fourth-order valence-electron chi connectivity index (χ4n) is 2.82. The molecular formula is C15H17ClFN5O2. The number of hydrogen-bond acceptors (Lipinski definition) is 6. The van der Waals surface area contributed by atoms with Crippen LogP contribution in [0.3, 0.4) is 0 Å². The van der Waals surface area contributed by atoms with E-state index in [1.54, 1.807) is 24.9 Å². The molecule has 3 heterocycles. The summed E-state index contributed by atoms with van der Waals surface area (Å²) in [7, 11) is 1.66. The normalized spacial score (nSPS) is 20.4. The van der Waals surface area contributed by atoms with E-state index in [-0.39, 0.29) is 24.5 Å². The molecule has 3 rings (SSSR count). The lowest BCUT2D eigenvalue weighted by atomic mass is 10.2. The van der Waals surface area contributed by atoms with Crippen molar-refractivity contribution >= 4 is 23.5 Å². The van der Waals surface area contributed by atoms with E-state index >= 15 is 0 Å². The van der Waals surface area contributed by atoms with E-state index < -0.39 is 6.17 Å². The second-order valence-corrected chi connectivity index (χ2v) is 6.26. The number of carbonyl (C=O) groups excluding carboxylic acids is 1. The molecule has 0 unspecified atom stereocenters. The molecule has 2 atom stereocenters. The first kappa shape index (κ1) is 16.6. The third-order valence-electron chi connectivity index (χ3n) is 3.91. The van der Waals surface area contributed by atoms with E-state index in [0.717, 1.165) is 0 Å². The minimum atomic E-state index is -1.00. The van der Waals surface area contributed by atoms with Gasteiger partial charge in [-0.05, 0) is 6.07 Å². The molecule has 1 aliphatic heterocycles. The van der Waals surface area contributed by atoms with Gasteiger partial charge in [0.05, 0.1) is 23.2 Å².